The van der Waals surface area contributed by atoms with Gasteiger partial charge in [-0.15, -0.1) is 0 Å². The molecule has 0 heterocycles. The average Bonchev–Trinajstić information content (AvgIpc) is 2.51. The first-order chi connectivity index (χ1) is 10.9. The van der Waals surface area contributed by atoms with Crippen LogP contribution in [0.15, 0.2) is 36.4 Å². The van der Waals surface area contributed by atoms with Gasteiger partial charge in [-0.05, 0) is 56.2 Å². The highest BCUT2D eigenvalue weighted by molar-refractivity contribution is 6.05. The summed E-state index contributed by atoms with van der Waals surface area (Å²) in [6.45, 7) is 7.80. The molecule has 0 saturated heterocycles. The molecule has 23 heavy (non-hydrogen) atoms. The minimum atomic E-state index is -0.159. The van der Waals surface area contributed by atoms with Crippen LogP contribution in [0.1, 0.15) is 40.4 Å². The number of nitrogens with one attached hydrogen (secondary N) is 2. The van der Waals surface area contributed by atoms with Crippen molar-refractivity contribution >= 4 is 23.2 Å². The Bertz CT molecular complexity index is 711. The first-order valence-electron chi connectivity index (χ1n) is 7.69. The summed E-state index contributed by atoms with van der Waals surface area (Å²) < 4.78 is 0. The molecule has 0 aromatic heterocycles. The summed E-state index contributed by atoms with van der Waals surface area (Å²) in [7, 11) is 0. The number of benzene rings is 2. The van der Waals surface area contributed by atoms with E-state index in [-0.39, 0.29) is 11.8 Å². The highest BCUT2D eigenvalue weighted by Crippen LogP contribution is 2.23. The van der Waals surface area contributed by atoms with Gasteiger partial charge in [0, 0.05) is 23.4 Å². The molecule has 2 aromatic rings. The van der Waals surface area contributed by atoms with Gasteiger partial charge in [0.2, 0.25) is 5.91 Å². The van der Waals surface area contributed by atoms with E-state index >= 15 is 0 Å². The lowest BCUT2D eigenvalue weighted by molar-refractivity contribution is -0.115. The molecule has 0 radical (unpaired) electrons. The fourth-order valence-electron chi connectivity index (χ4n) is 2.52. The van der Waals surface area contributed by atoms with Crippen LogP contribution < -0.4 is 10.6 Å². The molecule has 4 nitrogen and oxygen atoms in total. The number of anilines is 2. The first kappa shape index (κ1) is 16.7. The molecule has 0 bridgehead atoms. The van der Waals surface area contributed by atoms with Crippen LogP contribution >= 0.6 is 0 Å². The number of aryl methyl sites for hydroxylation is 3. The van der Waals surface area contributed by atoms with Gasteiger partial charge in [-0.3, -0.25) is 9.59 Å². The Hall–Kier alpha value is -2.62. The van der Waals surface area contributed by atoms with Gasteiger partial charge in [0.1, 0.15) is 0 Å². The summed E-state index contributed by atoms with van der Waals surface area (Å²) in [5.74, 6) is -0.207. The molecule has 0 aliphatic rings. The zero-order valence-electron chi connectivity index (χ0n) is 14.0. The predicted molar refractivity (Wildman–Crippen MR) is 94.0 cm³/mol. The molecule has 0 saturated carbocycles. The second-order valence-electron chi connectivity index (χ2n) is 5.71. The summed E-state index contributed by atoms with van der Waals surface area (Å²) in [5.41, 5.74) is 5.36. The van der Waals surface area contributed by atoms with Crippen molar-refractivity contribution in [2.75, 3.05) is 10.6 Å². The van der Waals surface area contributed by atoms with Gasteiger partial charge in [0.25, 0.3) is 5.91 Å². The number of carbonyl (C=O) groups excluding carboxylic acids is 2. The summed E-state index contributed by atoms with van der Waals surface area (Å²) in [6, 6.07) is 11.0. The normalized spacial score (nSPS) is 10.3. The van der Waals surface area contributed by atoms with Crippen molar-refractivity contribution in [3.63, 3.8) is 0 Å². The summed E-state index contributed by atoms with van der Waals surface area (Å²) in [5, 5.41) is 5.73. The minimum Gasteiger partial charge on any atom is -0.326 e. The number of hydrogen-bond donors (Lipinski definition) is 2. The van der Waals surface area contributed by atoms with Crippen LogP contribution in [0.3, 0.4) is 0 Å². The number of rotatable bonds is 4. The number of amides is 2. The molecule has 4 heteroatoms. The molecular formula is C19H22N2O2. The fourth-order valence-corrected chi connectivity index (χ4v) is 2.52. The van der Waals surface area contributed by atoms with Crippen LogP contribution in [0, 0.1) is 20.8 Å². The Balaban J connectivity index is 2.14. The highest BCUT2D eigenvalue weighted by Gasteiger charge is 2.10. The van der Waals surface area contributed by atoms with E-state index in [2.05, 4.69) is 10.6 Å². The summed E-state index contributed by atoms with van der Waals surface area (Å²) in [4.78, 5) is 23.7. The maximum absolute atomic E-state index is 12.4. The Labute approximate surface area is 136 Å². The lowest BCUT2D eigenvalue weighted by Gasteiger charge is -2.13. The molecule has 0 atom stereocenters. The number of carbonyl (C=O) groups is 2. The van der Waals surface area contributed by atoms with E-state index in [0.29, 0.717) is 17.7 Å². The van der Waals surface area contributed by atoms with Crippen LogP contribution in [-0.4, -0.2) is 11.8 Å². The van der Waals surface area contributed by atoms with E-state index in [0.717, 1.165) is 16.8 Å². The van der Waals surface area contributed by atoms with Crippen molar-refractivity contribution in [3.8, 4) is 0 Å². The molecule has 0 fully saturated rings. The van der Waals surface area contributed by atoms with Crippen molar-refractivity contribution in [2.45, 2.75) is 34.1 Å². The molecular weight excluding hydrogens is 288 g/mol. The second kappa shape index (κ2) is 7.09. The average molecular weight is 310 g/mol. The van der Waals surface area contributed by atoms with Crippen LogP contribution in [0.2, 0.25) is 0 Å². The molecule has 0 unspecified atom stereocenters. The largest absolute Gasteiger partial charge is 0.326 e. The fraction of sp³-hybridized carbons (Fsp3) is 0.263. The molecule has 2 aromatic carbocycles. The van der Waals surface area contributed by atoms with Gasteiger partial charge in [-0.2, -0.15) is 0 Å². The van der Waals surface area contributed by atoms with E-state index in [9.17, 15) is 9.59 Å². The Morgan fingerprint density at radius 2 is 1.48 bits per heavy atom. The summed E-state index contributed by atoms with van der Waals surface area (Å²) >= 11 is 0. The first-order valence-corrected chi connectivity index (χ1v) is 7.69. The smallest absolute Gasteiger partial charge is 0.255 e. The van der Waals surface area contributed by atoms with Crippen LogP contribution in [0.5, 0.6) is 0 Å². The SMILES string of the molecule is CCC(=O)Nc1ccc(C(=O)Nc2c(C)cc(C)cc2C)cc1. The van der Waals surface area contributed by atoms with E-state index in [1.165, 1.54) is 5.56 Å². The van der Waals surface area contributed by atoms with Crippen molar-refractivity contribution in [1.82, 2.24) is 0 Å². The van der Waals surface area contributed by atoms with Gasteiger partial charge >= 0.3 is 0 Å². The van der Waals surface area contributed by atoms with Gasteiger partial charge in [-0.25, -0.2) is 0 Å². The molecule has 2 N–H and O–H groups in total. The highest BCUT2D eigenvalue weighted by atomic mass is 16.2. The third kappa shape index (κ3) is 4.19. The Kier molecular flexibility index (Phi) is 5.16. The van der Waals surface area contributed by atoms with Crippen molar-refractivity contribution < 1.29 is 9.59 Å². The van der Waals surface area contributed by atoms with Crippen molar-refractivity contribution in [1.29, 1.82) is 0 Å². The maximum atomic E-state index is 12.4. The monoisotopic (exact) mass is 310 g/mol. The Morgan fingerprint density at radius 3 is 2.00 bits per heavy atom. The van der Waals surface area contributed by atoms with Gasteiger partial charge < -0.3 is 10.6 Å². The predicted octanol–water partition coefficient (Wildman–Crippen LogP) is 4.21. The minimum absolute atomic E-state index is 0.0480. The molecule has 0 aliphatic carbocycles. The van der Waals surface area contributed by atoms with E-state index < -0.39 is 0 Å². The van der Waals surface area contributed by atoms with E-state index in [1.54, 1.807) is 31.2 Å². The summed E-state index contributed by atoms with van der Waals surface area (Å²) in [6.07, 6.45) is 0.425. The van der Waals surface area contributed by atoms with Gasteiger partial charge in [0.15, 0.2) is 0 Å². The Morgan fingerprint density at radius 1 is 0.913 bits per heavy atom. The number of hydrogen-bond acceptors (Lipinski definition) is 2. The third-order valence-electron chi connectivity index (χ3n) is 3.67. The molecule has 0 spiro atoms. The molecule has 2 rings (SSSR count). The van der Waals surface area contributed by atoms with Crippen molar-refractivity contribution in [3.05, 3.63) is 58.7 Å². The van der Waals surface area contributed by atoms with Gasteiger partial charge in [-0.1, -0.05) is 24.6 Å². The van der Waals surface area contributed by atoms with Crippen LogP contribution in [0.4, 0.5) is 11.4 Å². The van der Waals surface area contributed by atoms with Crippen molar-refractivity contribution in [2.24, 2.45) is 0 Å². The molecule has 0 aliphatic heterocycles. The topological polar surface area (TPSA) is 58.2 Å². The second-order valence-corrected chi connectivity index (χ2v) is 5.71. The quantitative estimate of drug-likeness (QED) is 0.888. The zero-order chi connectivity index (χ0) is 17.0. The molecule has 120 valence electrons. The standard InChI is InChI=1S/C19H22N2O2/c1-5-17(22)20-16-8-6-15(7-9-16)19(23)21-18-13(3)10-12(2)11-14(18)4/h6-11H,5H2,1-4H3,(H,20,22)(H,21,23). The zero-order valence-corrected chi connectivity index (χ0v) is 14.0. The lowest BCUT2D eigenvalue weighted by Crippen LogP contribution is -2.14. The van der Waals surface area contributed by atoms with Gasteiger partial charge in [0.05, 0.1) is 0 Å². The van der Waals surface area contributed by atoms with Crippen LogP contribution in [-0.2, 0) is 4.79 Å². The maximum Gasteiger partial charge on any atom is 0.255 e. The third-order valence-corrected chi connectivity index (χ3v) is 3.67. The van der Waals surface area contributed by atoms with E-state index in [1.807, 2.05) is 32.9 Å². The lowest BCUT2D eigenvalue weighted by atomic mass is 10.0. The molecule has 2 amide bonds. The van der Waals surface area contributed by atoms with Crippen LogP contribution in [0.25, 0.3) is 0 Å². The van der Waals surface area contributed by atoms with E-state index in [4.69, 9.17) is 0 Å².